The Morgan fingerprint density at radius 3 is 2.75 bits per heavy atom. The van der Waals surface area contributed by atoms with Crippen LogP contribution in [0.4, 0.5) is 5.69 Å². The van der Waals surface area contributed by atoms with Crippen molar-refractivity contribution in [2.75, 3.05) is 18.5 Å². The van der Waals surface area contributed by atoms with Crippen molar-refractivity contribution in [3.05, 3.63) is 33.8 Å². The van der Waals surface area contributed by atoms with Crippen molar-refractivity contribution in [3.8, 4) is 11.5 Å². The molecule has 8 heteroatoms. The number of thiazole rings is 1. The molecule has 0 aliphatic carbocycles. The quantitative estimate of drug-likeness (QED) is 0.417. The predicted molar refractivity (Wildman–Crippen MR) is 108 cm³/mol. The molecule has 1 aliphatic rings. The Balaban J connectivity index is 0.00000208. The fourth-order valence-corrected chi connectivity index (χ4v) is 3.13. The van der Waals surface area contributed by atoms with Crippen LogP contribution in [-0.2, 0) is 6.54 Å². The van der Waals surface area contributed by atoms with Crippen LogP contribution >= 0.6 is 35.3 Å². The number of aryl methyl sites for hydroxylation is 2. The summed E-state index contributed by atoms with van der Waals surface area (Å²) < 4.78 is 11.3. The number of guanidine groups is 1. The van der Waals surface area contributed by atoms with E-state index >= 15 is 0 Å². The van der Waals surface area contributed by atoms with Gasteiger partial charge in [0.25, 0.3) is 0 Å². The average Bonchev–Trinajstić information content (AvgIpc) is 2.72. The number of hydrogen-bond donors (Lipinski definition) is 2. The molecule has 130 valence electrons. The second-order valence-corrected chi connectivity index (χ2v) is 6.68. The van der Waals surface area contributed by atoms with E-state index in [0.29, 0.717) is 25.7 Å². The first-order valence-corrected chi connectivity index (χ1v) is 8.33. The highest BCUT2D eigenvalue weighted by Crippen LogP contribution is 2.32. The Labute approximate surface area is 162 Å². The molecule has 2 aromatic rings. The molecule has 0 saturated heterocycles. The summed E-state index contributed by atoms with van der Waals surface area (Å²) in [7, 11) is 0. The van der Waals surface area contributed by atoms with Crippen molar-refractivity contribution in [1.29, 1.82) is 0 Å². The molecule has 2 heterocycles. The molecule has 6 nitrogen and oxygen atoms in total. The number of fused-ring (bicyclic) bond motifs is 1. The van der Waals surface area contributed by atoms with Crippen molar-refractivity contribution < 1.29 is 9.47 Å². The van der Waals surface area contributed by atoms with Gasteiger partial charge in [0.15, 0.2) is 17.5 Å². The van der Waals surface area contributed by atoms with Gasteiger partial charge >= 0.3 is 0 Å². The van der Waals surface area contributed by atoms with Crippen LogP contribution in [0.5, 0.6) is 11.5 Å². The Kier molecular flexibility index (Phi) is 6.67. The molecule has 1 aromatic heterocycles. The predicted octanol–water partition coefficient (Wildman–Crippen LogP) is 3.47. The fourth-order valence-electron chi connectivity index (χ4n) is 2.31. The number of aromatic nitrogens is 1. The molecule has 0 spiro atoms. The monoisotopic (exact) mass is 460 g/mol. The largest absolute Gasteiger partial charge is 0.490 e. The molecule has 3 rings (SSSR count). The van der Waals surface area contributed by atoms with Crippen LogP contribution < -0.4 is 20.5 Å². The smallest absolute Gasteiger partial charge is 0.193 e. The van der Waals surface area contributed by atoms with Gasteiger partial charge in [-0.05, 0) is 26.0 Å². The maximum Gasteiger partial charge on any atom is 0.193 e. The zero-order chi connectivity index (χ0) is 16.2. The Bertz CT molecular complexity index is 733. The van der Waals surface area contributed by atoms with Gasteiger partial charge in [0.1, 0.15) is 0 Å². The van der Waals surface area contributed by atoms with Crippen molar-refractivity contribution in [3.63, 3.8) is 0 Å². The molecule has 0 fully saturated rings. The van der Waals surface area contributed by atoms with Crippen LogP contribution in [0.3, 0.4) is 0 Å². The maximum atomic E-state index is 5.96. The van der Waals surface area contributed by atoms with E-state index in [1.165, 1.54) is 4.88 Å². The van der Waals surface area contributed by atoms with Gasteiger partial charge in [-0.25, -0.2) is 9.98 Å². The lowest BCUT2D eigenvalue weighted by Gasteiger charge is -2.10. The van der Waals surface area contributed by atoms with Crippen molar-refractivity contribution in [1.82, 2.24) is 4.98 Å². The minimum absolute atomic E-state index is 0. The van der Waals surface area contributed by atoms with Crippen LogP contribution in [0.1, 0.15) is 22.0 Å². The maximum absolute atomic E-state index is 5.96. The van der Waals surface area contributed by atoms with E-state index in [9.17, 15) is 0 Å². The van der Waals surface area contributed by atoms with Gasteiger partial charge in [0, 0.05) is 23.1 Å². The average molecular weight is 460 g/mol. The highest BCUT2D eigenvalue weighted by molar-refractivity contribution is 14.0. The lowest BCUT2D eigenvalue weighted by Crippen LogP contribution is -2.22. The molecule has 3 N–H and O–H groups in total. The molecule has 1 aliphatic heterocycles. The number of nitrogens with zero attached hydrogens (tertiary/aromatic N) is 2. The van der Waals surface area contributed by atoms with Crippen molar-refractivity contribution >= 4 is 47.0 Å². The molecular weight excluding hydrogens is 439 g/mol. The van der Waals surface area contributed by atoms with Gasteiger partial charge in [-0.15, -0.1) is 35.3 Å². The number of nitrogens with one attached hydrogen (secondary N) is 1. The lowest BCUT2D eigenvalue weighted by molar-refractivity contribution is 0.297. The second kappa shape index (κ2) is 8.52. The Morgan fingerprint density at radius 2 is 2.04 bits per heavy atom. The van der Waals surface area contributed by atoms with Crippen LogP contribution in [-0.4, -0.2) is 24.2 Å². The summed E-state index contributed by atoms with van der Waals surface area (Å²) >= 11 is 1.67. The summed E-state index contributed by atoms with van der Waals surface area (Å²) in [4.78, 5) is 9.97. The van der Waals surface area contributed by atoms with E-state index in [2.05, 4.69) is 15.3 Å². The number of rotatable bonds is 3. The number of hydrogen-bond acceptors (Lipinski definition) is 5. The van der Waals surface area contributed by atoms with Gasteiger partial charge in [-0.2, -0.15) is 0 Å². The molecule has 0 amide bonds. The third-order valence-electron chi connectivity index (χ3n) is 3.42. The molecule has 24 heavy (non-hydrogen) atoms. The summed E-state index contributed by atoms with van der Waals surface area (Å²) in [5.41, 5.74) is 7.75. The first kappa shape index (κ1) is 18.8. The molecule has 0 radical (unpaired) electrons. The number of nitrogens with two attached hydrogens (primary N) is 1. The second-order valence-electron chi connectivity index (χ2n) is 5.27. The standard InChI is InChI=1S/C16H20N4O2S.HI/c1-10-13(19-11(2)23-10)9-18-16(17)20-12-4-5-14-15(8-12)22-7-3-6-21-14;/h4-5,8H,3,6-7,9H2,1-2H3,(H3,17,18,20);1H. The summed E-state index contributed by atoms with van der Waals surface area (Å²) in [5.74, 6) is 1.84. The van der Waals surface area contributed by atoms with Gasteiger partial charge in [0.2, 0.25) is 0 Å². The van der Waals surface area contributed by atoms with Crippen LogP contribution in [0, 0.1) is 13.8 Å². The molecule has 0 atom stereocenters. The highest BCUT2D eigenvalue weighted by Gasteiger charge is 2.11. The van der Waals surface area contributed by atoms with E-state index < -0.39 is 0 Å². The summed E-state index contributed by atoms with van der Waals surface area (Å²) in [6.07, 6.45) is 0.882. The first-order valence-electron chi connectivity index (χ1n) is 7.51. The fraction of sp³-hybridized carbons (Fsp3) is 0.375. The minimum Gasteiger partial charge on any atom is -0.490 e. The number of benzene rings is 1. The highest BCUT2D eigenvalue weighted by atomic mass is 127. The van der Waals surface area contributed by atoms with Crippen molar-refractivity contribution in [2.24, 2.45) is 10.7 Å². The minimum atomic E-state index is 0. The van der Waals surface area contributed by atoms with E-state index in [0.717, 1.165) is 34.3 Å². The van der Waals surface area contributed by atoms with Crippen LogP contribution in [0.25, 0.3) is 0 Å². The molecular formula is C16H21IN4O2S. The van der Waals surface area contributed by atoms with Crippen molar-refractivity contribution in [2.45, 2.75) is 26.8 Å². The molecule has 1 aromatic carbocycles. The third-order valence-corrected chi connectivity index (χ3v) is 4.35. The number of ether oxygens (including phenoxy) is 2. The Morgan fingerprint density at radius 1 is 1.29 bits per heavy atom. The Hall–Kier alpha value is -1.55. The molecule has 0 unspecified atom stereocenters. The lowest BCUT2D eigenvalue weighted by atomic mass is 10.3. The number of halogens is 1. The van der Waals surface area contributed by atoms with Gasteiger partial charge in [-0.1, -0.05) is 0 Å². The van der Waals surface area contributed by atoms with Gasteiger partial charge in [0.05, 0.1) is 30.5 Å². The van der Waals surface area contributed by atoms with E-state index in [-0.39, 0.29) is 24.0 Å². The summed E-state index contributed by atoms with van der Waals surface area (Å²) in [6.45, 7) is 5.84. The SMILES string of the molecule is Cc1nc(CN=C(N)Nc2ccc3c(c2)OCCCO3)c(C)s1.I. The van der Waals surface area contributed by atoms with E-state index in [1.807, 2.05) is 32.0 Å². The number of aliphatic imine (C=N–C) groups is 1. The number of anilines is 1. The molecule has 0 bridgehead atoms. The van der Waals surface area contributed by atoms with E-state index in [1.54, 1.807) is 11.3 Å². The third kappa shape index (κ3) is 4.73. The zero-order valence-corrected chi connectivity index (χ0v) is 16.8. The van der Waals surface area contributed by atoms with Crippen LogP contribution in [0.15, 0.2) is 23.2 Å². The zero-order valence-electron chi connectivity index (χ0n) is 13.7. The first-order chi connectivity index (χ1) is 11.1. The topological polar surface area (TPSA) is 81.8 Å². The summed E-state index contributed by atoms with van der Waals surface area (Å²) in [6, 6.07) is 5.65. The molecule has 0 saturated carbocycles. The van der Waals surface area contributed by atoms with Gasteiger partial charge in [-0.3, -0.25) is 0 Å². The van der Waals surface area contributed by atoms with Crippen LogP contribution in [0.2, 0.25) is 0 Å². The van der Waals surface area contributed by atoms with E-state index in [4.69, 9.17) is 15.2 Å². The summed E-state index contributed by atoms with van der Waals surface area (Å²) in [5, 5.41) is 4.12. The van der Waals surface area contributed by atoms with Gasteiger partial charge < -0.3 is 20.5 Å². The normalized spacial score (nSPS) is 13.8.